The molecule has 4 nitrogen and oxygen atoms in total. The van der Waals surface area contributed by atoms with Crippen LogP contribution >= 0.6 is 27.5 Å². The molecule has 0 atom stereocenters. The highest BCUT2D eigenvalue weighted by atomic mass is 79.9. The van der Waals surface area contributed by atoms with Gasteiger partial charge in [0.15, 0.2) is 0 Å². The smallest absolute Gasteiger partial charge is 0.140 e. The van der Waals surface area contributed by atoms with E-state index in [0.29, 0.717) is 11.6 Å². The van der Waals surface area contributed by atoms with E-state index in [4.69, 9.17) is 11.6 Å². The molecule has 0 saturated carbocycles. The van der Waals surface area contributed by atoms with Crippen LogP contribution in [-0.4, -0.2) is 14.5 Å². The van der Waals surface area contributed by atoms with E-state index >= 15 is 0 Å². The van der Waals surface area contributed by atoms with Gasteiger partial charge in [0.05, 0.1) is 16.0 Å². The molecule has 2 aromatic rings. The molecule has 2 aromatic heterocycles. The number of nitrogens with one attached hydrogen (secondary N) is 1. The Morgan fingerprint density at radius 2 is 2.31 bits per heavy atom. The number of halogens is 2. The van der Waals surface area contributed by atoms with Gasteiger partial charge in [0.1, 0.15) is 11.6 Å². The zero-order valence-electron chi connectivity index (χ0n) is 8.61. The van der Waals surface area contributed by atoms with E-state index in [1.165, 1.54) is 0 Å². The van der Waals surface area contributed by atoms with Gasteiger partial charge >= 0.3 is 0 Å². The summed E-state index contributed by atoms with van der Waals surface area (Å²) in [6, 6.07) is 1.80. The van der Waals surface area contributed by atoms with Gasteiger partial charge in [-0.05, 0) is 22.0 Å². The lowest BCUT2D eigenvalue weighted by Crippen LogP contribution is -2.07. The molecule has 0 saturated heterocycles. The second-order valence-electron chi connectivity index (χ2n) is 3.29. The van der Waals surface area contributed by atoms with Crippen LogP contribution in [0.25, 0.3) is 0 Å². The SMILES string of the molecule is Cn1ccnc1CNc1ncc(Cl)cc1Br. The zero-order valence-corrected chi connectivity index (χ0v) is 11.0. The highest BCUT2D eigenvalue weighted by Crippen LogP contribution is 2.23. The van der Waals surface area contributed by atoms with Crippen LogP contribution in [0.4, 0.5) is 5.82 Å². The molecule has 2 heterocycles. The summed E-state index contributed by atoms with van der Waals surface area (Å²) in [4.78, 5) is 8.39. The quantitative estimate of drug-likeness (QED) is 0.948. The Morgan fingerprint density at radius 3 is 2.94 bits per heavy atom. The Hall–Kier alpha value is -1.07. The number of hydrogen-bond acceptors (Lipinski definition) is 3. The first-order chi connectivity index (χ1) is 7.66. The number of aryl methyl sites for hydroxylation is 1. The summed E-state index contributed by atoms with van der Waals surface area (Å²) in [7, 11) is 1.95. The van der Waals surface area contributed by atoms with E-state index in [-0.39, 0.29) is 0 Å². The topological polar surface area (TPSA) is 42.7 Å². The highest BCUT2D eigenvalue weighted by Gasteiger charge is 2.03. The van der Waals surface area contributed by atoms with Crippen molar-refractivity contribution in [1.82, 2.24) is 14.5 Å². The van der Waals surface area contributed by atoms with Crippen molar-refractivity contribution in [2.45, 2.75) is 6.54 Å². The summed E-state index contributed by atoms with van der Waals surface area (Å²) >= 11 is 9.20. The average Bonchev–Trinajstić information content (AvgIpc) is 2.63. The summed E-state index contributed by atoms with van der Waals surface area (Å²) in [6.07, 6.45) is 5.27. The van der Waals surface area contributed by atoms with E-state index in [0.717, 1.165) is 16.1 Å². The van der Waals surface area contributed by atoms with Crippen LogP contribution in [0, 0.1) is 0 Å². The van der Waals surface area contributed by atoms with Crippen molar-refractivity contribution in [3.8, 4) is 0 Å². The third-order valence-corrected chi connectivity index (χ3v) is 2.95. The van der Waals surface area contributed by atoms with Crippen LogP contribution in [0.1, 0.15) is 5.82 Å². The molecule has 0 fully saturated rings. The Kier molecular flexibility index (Phi) is 3.46. The molecule has 0 amide bonds. The minimum atomic E-state index is 0.606. The van der Waals surface area contributed by atoms with Crippen molar-refractivity contribution in [2.75, 3.05) is 5.32 Å². The molecule has 84 valence electrons. The molecule has 0 aromatic carbocycles. The predicted molar refractivity (Wildman–Crippen MR) is 67.5 cm³/mol. The molecule has 1 N–H and O–H groups in total. The van der Waals surface area contributed by atoms with E-state index in [2.05, 4.69) is 31.2 Å². The maximum atomic E-state index is 5.81. The number of nitrogens with zero attached hydrogens (tertiary/aromatic N) is 3. The van der Waals surface area contributed by atoms with Crippen molar-refractivity contribution in [3.63, 3.8) is 0 Å². The Labute approximate surface area is 107 Å². The van der Waals surface area contributed by atoms with Crippen molar-refractivity contribution in [3.05, 3.63) is 40.0 Å². The number of rotatable bonds is 3. The first-order valence-electron chi connectivity index (χ1n) is 4.68. The monoisotopic (exact) mass is 300 g/mol. The maximum absolute atomic E-state index is 5.81. The lowest BCUT2D eigenvalue weighted by Gasteiger charge is -2.07. The van der Waals surface area contributed by atoms with Crippen LogP contribution in [-0.2, 0) is 13.6 Å². The lowest BCUT2D eigenvalue weighted by molar-refractivity contribution is 0.810. The second kappa shape index (κ2) is 4.84. The normalized spacial score (nSPS) is 10.4. The molecule has 16 heavy (non-hydrogen) atoms. The van der Waals surface area contributed by atoms with Crippen LogP contribution < -0.4 is 5.32 Å². The van der Waals surface area contributed by atoms with Crippen LogP contribution in [0.2, 0.25) is 5.02 Å². The summed E-state index contributed by atoms with van der Waals surface area (Å²) in [5, 5.41) is 3.79. The fourth-order valence-corrected chi connectivity index (χ4v) is 2.05. The summed E-state index contributed by atoms with van der Waals surface area (Å²) in [6.45, 7) is 0.622. The number of pyridine rings is 1. The van der Waals surface area contributed by atoms with Gasteiger partial charge in [0.2, 0.25) is 0 Å². The van der Waals surface area contributed by atoms with Gasteiger partial charge in [0, 0.05) is 25.6 Å². The fraction of sp³-hybridized carbons (Fsp3) is 0.200. The number of anilines is 1. The molecule has 0 aliphatic rings. The average molecular weight is 302 g/mol. The minimum absolute atomic E-state index is 0.606. The van der Waals surface area contributed by atoms with Gasteiger partial charge in [-0.3, -0.25) is 0 Å². The molecule has 0 aliphatic heterocycles. The highest BCUT2D eigenvalue weighted by molar-refractivity contribution is 9.10. The van der Waals surface area contributed by atoms with Gasteiger partial charge < -0.3 is 9.88 Å². The Morgan fingerprint density at radius 1 is 1.50 bits per heavy atom. The molecule has 0 radical (unpaired) electrons. The van der Waals surface area contributed by atoms with Crippen molar-refractivity contribution in [2.24, 2.45) is 7.05 Å². The first kappa shape index (κ1) is 11.4. The first-order valence-corrected chi connectivity index (χ1v) is 5.85. The van der Waals surface area contributed by atoms with Gasteiger partial charge in [-0.25, -0.2) is 9.97 Å². The minimum Gasteiger partial charge on any atom is -0.362 e. The Balaban J connectivity index is 2.08. The molecule has 0 aliphatic carbocycles. The van der Waals surface area contributed by atoms with E-state index in [1.54, 1.807) is 18.5 Å². The van der Waals surface area contributed by atoms with Crippen LogP contribution in [0.3, 0.4) is 0 Å². The largest absolute Gasteiger partial charge is 0.362 e. The van der Waals surface area contributed by atoms with Crippen molar-refractivity contribution in [1.29, 1.82) is 0 Å². The molecular weight excluding hydrogens is 291 g/mol. The van der Waals surface area contributed by atoms with E-state index in [9.17, 15) is 0 Å². The molecule has 0 spiro atoms. The van der Waals surface area contributed by atoms with Gasteiger partial charge in [-0.1, -0.05) is 11.6 Å². The Bertz CT molecular complexity index is 497. The third kappa shape index (κ3) is 2.54. The van der Waals surface area contributed by atoms with Gasteiger partial charge in [-0.15, -0.1) is 0 Å². The number of hydrogen-bond donors (Lipinski definition) is 1. The summed E-state index contributed by atoms with van der Waals surface area (Å²) < 4.78 is 2.80. The van der Waals surface area contributed by atoms with Gasteiger partial charge in [-0.2, -0.15) is 0 Å². The predicted octanol–water partition coefficient (Wildman–Crippen LogP) is 2.84. The maximum Gasteiger partial charge on any atom is 0.140 e. The number of imidazole rings is 1. The summed E-state index contributed by atoms with van der Waals surface area (Å²) in [5.41, 5.74) is 0. The molecule has 6 heteroatoms. The lowest BCUT2D eigenvalue weighted by atomic mass is 10.4. The second-order valence-corrected chi connectivity index (χ2v) is 4.58. The zero-order chi connectivity index (χ0) is 11.5. The standard InChI is InChI=1S/C10H10BrClN4/c1-16-3-2-13-9(16)6-15-10-8(11)4-7(12)5-14-10/h2-5H,6H2,1H3,(H,14,15). The van der Waals surface area contributed by atoms with E-state index in [1.807, 2.05) is 17.8 Å². The van der Waals surface area contributed by atoms with Crippen LogP contribution in [0.15, 0.2) is 29.1 Å². The van der Waals surface area contributed by atoms with Crippen molar-refractivity contribution >= 4 is 33.3 Å². The molecule has 2 rings (SSSR count). The third-order valence-electron chi connectivity index (χ3n) is 2.14. The number of aromatic nitrogens is 3. The molecule has 0 bridgehead atoms. The molecule has 0 unspecified atom stereocenters. The fourth-order valence-electron chi connectivity index (χ4n) is 1.27. The van der Waals surface area contributed by atoms with Gasteiger partial charge in [0.25, 0.3) is 0 Å². The van der Waals surface area contributed by atoms with Crippen LogP contribution in [0.5, 0.6) is 0 Å². The summed E-state index contributed by atoms with van der Waals surface area (Å²) in [5.74, 6) is 1.70. The van der Waals surface area contributed by atoms with Crippen molar-refractivity contribution < 1.29 is 0 Å². The van der Waals surface area contributed by atoms with E-state index < -0.39 is 0 Å². The molecular formula is C10H10BrClN4.